The van der Waals surface area contributed by atoms with Crippen molar-refractivity contribution in [3.8, 4) is 0 Å². The maximum Gasteiger partial charge on any atom is 0.255 e. The Morgan fingerprint density at radius 3 is 2.30 bits per heavy atom. The maximum atomic E-state index is 13.4. The molecule has 0 aromatic heterocycles. The topological polar surface area (TPSA) is 29.1 Å². The molecule has 1 amide bonds. The minimum absolute atomic E-state index is 0.0881. The molecule has 2 aromatic rings. The number of benzene rings is 2. The van der Waals surface area contributed by atoms with E-state index in [0.717, 1.165) is 12.1 Å². The average molecular weight is 348 g/mol. The van der Waals surface area contributed by atoms with E-state index in [1.807, 2.05) is 5.32 Å². The van der Waals surface area contributed by atoms with Gasteiger partial charge in [0.25, 0.3) is 5.91 Å². The van der Waals surface area contributed by atoms with Crippen LogP contribution in [-0.4, -0.2) is 5.91 Å². The number of hydrogen-bond acceptors (Lipinski definition) is 1. The zero-order valence-electron chi connectivity index (χ0n) is 9.68. The van der Waals surface area contributed by atoms with E-state index in [4.69, 9.17) is 0 Å². The van der Waals surface area contributed by atoms with Gasteiger partial charge in [0.1, 0.15) is 5.82 Å². The molecule has 7 heteroatoms. The van der Waals surface area contributed by atoms with Gasteiger partial charge in [-0.2, -0.15) is 0 Å². The number of anilines is 1. The molecule has 20 heavy (non-hydrogen) atoms. The van der Waals surface area contributed by atoms with Gasteiger partial charge in [0.2, 0.25) is 0 Å². The van der Waals surface area contributed by atoms with E-state index in [0.29, 0.717) is 6.07 Å². The lowest BCUT2D eigenvalue weighted by Gasteiger charge is -2.07. The van der Waals surface area contributed by atoms with E-state index in [1.165, 1.54) is 12.1 Å². The van der Waals surface area contributed by atoms with Crippen molar-refractivity contribution in [3.63, 3.8) is 0 Å². The number of halogens is 5. The Balaban J connectivity index is 2.28. The first-order valence-corrected chi connectivity index (χ1v) is 6.09. The summed E-state index contributed by atoms with van der Waals surface area (Å²) in [5, 5.41) is 2.04. The van der Waals surface area contributed by atoms with Gasteiger partial charge in [-0.15, -0.1) is 0 Å². The van der Waals surface area contributed by atoms with Gasteiger partial charge >= 0.3 is 0 Å². The van der Waals surface area contributed by atoms with Crippen LogP contribution in [0.4, 0.5) is 23.2 Å². The van der Waals surface area contributed by atoms with Crippen LogP contribution in [0.15, 0.2) is 34.8 Å². The fourth-order valence-electron chi connectivity index (χ4n) is 1.45. The number of rotatable bonds is 2. The molecule has 0 spiro atoms. The van der Waals surface area contributed by atoms with Crippen LogP contribution in [0.25, 0.3) is 0 Å². The first-order valence-electron chi connectivity index (χ1n) is 5.30. The van der Waals surface area contributed by atoms with E-state index in [9.17, 15) is 22.4 Å². The van der Waals surface area contributed by atoms with Crippen molar-refractivity contribution in [3.05, 3.63) is 63.6 Å². The lowest BCUT2D eigenvalue weighted by Crippen LogP contribution is -2.14. The lowest BCUT2D eigenvalue weighted by atomic mass is 10.2. The molecule has 0 aliphatic heterocycles. The standard InChI is InChI=1S/C13H6BrF4NO/c14-7-2-1-6(5-9(7)16)13(20)19-10-4-3-8(15)11(17)12(10)18/h1-5H,(H,19,20). The predicted molar refractivity (Wildman–Crippen MR) is 68.4 cm³/mol. The largest absolute Gasteiger partial charge is 0.319 e. The fourth-order valence-corrected chi connectivity index (χ4v) is 1.70. The van der Waals surface area contributed by atoms with Crippen molar-refractivity contribution < 1.29 is 22.4 Å². The van der Waals surface area contributed by atoms with Gasteiger partial charge < -0.3 is 5.32 Å². The molecule has 0 atom stereocenters. The third-order valence-corrected chi connectivity index (χ3v) is 3.11. The fraction of sp³-hybridized carbons (Fsp3) is 0. The molecule has 0 aliphatic rings. The van der Waals surface area contributed by atoms with Gasteiger partial charge in [0.05, 0.1) is 10.2 Å². The molecule has 104 valence electrons. The summed E-state index contributed by atoms with van der Waals surface area (Å²) < 4.78 is 52.5. The summed E-state index contributed by atoms with van der Waals surface area (Å²) in [5.74, 6) is -6.10. The monoisotopic (exact) mass is 347 g/mol. The van der Waals surface area contributed by atoms with E-state index in [-0.39, 0.29) is 10.0 Å². The molecule has 2 aromatic carbocycles. The van der Waals surface area contributed by atoms with E-state index in [1.54, 1.807) is 0 Å². The molecule has 0 heterocycles. The molecule has 0 aliphatic carbocycles. The van der Waals surface area contributed by atoms with Gasteiger partial charge in [0.15, 0.2) is 17.5 Å². The maximum absolute atomic E-state index is 13.4. The Morgan fingerprint density at radius 2 is 1.65 bits per heavy atom. The van der Waals surface area contributed by atoms with Gasteiger partial charge in [-0.3, -0.25) is 4.79 Å². The van der Waals surface area contributed by atoms with Gasteiger partial charge in [0, 0.05) is 5.56 Å². The highest BCUT2D eigenvalue weighted by Gasteiger charge is 2.16. The second-order valence-electron chi connectivity index (χ2n) is 3.81. The van der Waals surface area contributed by atoms with Gasteiger partial charge in [-0.1, -0.05) is 0 Å². The Bertz CT molecular complexity index is 690. The van der Waals surface area contributed by atoms with E-state index >= 15 is 0 Å². The Morgan fingerprint density at radius 1 is 0.950 bits per heavy atom. The summed E-state index contributed by atoms with van der Waals surface area (Å²) in [7, 11) is 0. The second-order valence-corrected chi connectivity index (χ2v) is 4.66. The van der Waals surface area contributed by atoms with Crippen LogP contribution in [0, 0.1) is 23.3 Å². The molecule has 0 saturated carbocycles. The summed E-state index contributed by atoms with van der Waals surface area (Å²) >= 11 is 2.92. The van der Waals surface area contributed by atoms with Crippen molar-refractivity contribution >= 4 is 27.5 Å². The first-order chi connectivity index (χ1) is 9.40. The summed E-state index contributed by atoms with van der Waals surface area (Å²) in [6, 6.07) is 5.07. The van der Waals surface area contributed by atoms with Crippen molar-refractivity contribution in [2.24, 2.45) is 0 Å². The Hall–Kier alpha value is -1.89. The number of amides is 1. The number of hydrogen-bond donors (Lipinski definition) is 1. The molecule has 0 unspecified atom stereocenters. The van der Waals surface area contributed by atoms with Crippen LogP contribution in [0.2, 0.25) is 0 Å². The van der Waals surface area contributed by atoms with Crippen LogP contribution in [0.1, 0.15) is 10.4 Å². The summed E-state index contributed by atoms with van der Waals surface area (Å²) in [5.41, 5.74) is -0.618. The van der Waals surface area contributed by atoms with Crippen molar-refractivity contribution in [2.75, 3.05) is 5.32 Å². The molecule has 2 rings (SSSR count). The van der Waals surface area contributed by atoms with Gasteiger partial charge in [-0.25, -0.2) is 17.6 Å². The van der Waals surface area contributed by atoms with Crippen LogP contribution in [0.3, 0.4) is 0 Å². The smallest absolute Gasteiger partial charge is 0.255 e. The van der Waals surface area contributed by atoms with Crippen LogP contribution >= 0.6 is 15.9 Å². The number of carbonyl (C=O) groups is 1. The predicted octanol–water partition coefficient (Wildman–Crippen LogP) is 4.26. The Labute approximate surface area is 119 Å². The summed E-state index contributed by atoms with van der Waals surface area (Å²) in [6.07, 6.45) is 0. The van der Waals surface area contributed by atoms with Crippen molar-refractivity contribution in [2.45, 2.75) is 0 Å². The molecule has 1 N–H and O–H groups in total. The van der Waals surface area contributed by atoms with Crippen LogP contribution in [-0.2, 0) is 0 Å². The van der Waals surface area contributed by atoms with E-state index < -0.39 is 34.9 Å². The van der Waals surface area contributed by atoms with E-state index in [2.05, 4.69) is 15.9 Å². The highest BCUT2D eigenvalue weighted by molar-refractivity contribution is 9.10. The third-order valence-electron chi connectivity index (χ3n) is 2.47. The highest BCUT2D eigenvalue weighted by Crippen LogP contribution is 2.21. The lowest BCUT2D eigenvalue weighted by molar-refractivity contribution is 0.102. The van der Waals surface area contributed by atoms with Crippen LogP contribution < -0.4 is 5.32 Å². The summed E-state index contributed by atoms with van der Waals surface area (Å²) in [6.45, 7) is 0. The van der Waals surface area contributed by atoms with Crippen molar-refractivity contribution in [1.82, 2.24) is 0 Å². The third kappa shape index (κ3) is 2.82. The van der Waals surface area contributed by atoms with Crippen molar-refractivity contribution in [1.29, 1.82) is 0 Å². The zero-order valence-corrected chi connectivity index (χ0v) is 11.3. The molecule has 0 radical (unpaired) electrons. The number of nitrogens with one attached hydrogen (secondary N) is 1. The average Bonchev–Trinajstić information content (AvgIpc) is 2.42. The second kappa shape index (κ2) is 5.62. The highest BCUT2D eigenvalue weighted by atomic mass is 79.9. The Kier molecular flexibility index (Phi) is 4.08. The molecule has 2 nitrogen and oxygen atoms in total. The number of carbonyl (C=O) groups excluding carboxylic acids is 1. The summed E-state index contributed by atoms with van der Waals surface area (Å²) in [4.78, 5) is 11.8. The normalized spacial score (nSPS) is 10.4. The van der Waals surface area contributed by atoms with Gasteiger partial charge in [-0.05, 0) is 46.3 Å². The molecular formula is C13H6BrF4NO. The SMILES string of the molecule is O=C(Nc1ccc(F)c(F)c1F)c1ccc(Br)c(F)c1. The molecule has 0 fully saturated rings. The molecular weight excluding hydrogens is 342 g/mol. The first kappa shape index (κ1) is 14.5. The zero-order chi connectivity index (χ0) is 14.9. The molecule has 0 saturated heterocycles. The quantitative estimate of drug-likeness (QED) is 0.638. The van der Waals surface area contributed by atoms with Crippen LogP contribution in [0.5, 0.6) is 0 Å². The molecule has 0 bridgehead atoms. The minimum atomic E-state index is -1.69. The minimum Gasteiger partial charge on any atom is -0.319 e.